The maximum atomic E-state index is 12.4. The number of aliphatic hydroxyl groups excluding tert-OH is 1. The Labute approximate surface area is 134 Å². The molecular weight excluding hydrogens is 294 g/mol. The van der Waals surface area contributed by atoms with Crippen molar-refractivity contribution in [2.24, 2.45) is 0 Å². The summed E-state index contributed by atoms with van der Waals surface area (Å²) in [4.78, 5) is 14.3. The molecule has 3 aliphatic rings. The molecule has 1 amide bonds. The van der Waals surface area contributed by atoms with Crippen molar-refractivity contribution >= 4 is 5.91 Å². The van der Waals surface area contributed by atoms with Gasteiger partial charge in [-0.1, -0.05) is 12.2 Å². The van der Waals surface area contributed by atoms with Crippen LogP contribution in [-0.2, 0) is 16.8 Å². The molecule has 0 bridgehead atoms. The van der Waals surface area contributed by atoms with Crippen LogP contribution < -0.4 is 9.47 Å². The molecule has 0 saturated carbocycles. The molecule has 1 spiro atoms. The highest BCUT2D eigenvalue weighted by Crippen LogP contribution is 2.52. The molecular formula is C18H19NO4. The highest BCUT2D eigenvalue weighted by atomic mass is 16.5. The van der Waals surface area contributed by atoms with Crippen LogP contribution >= 0.6 is 0 Å². The number of carbonyl (C=O) groups is 1. The molecule has 0 saturated heterocycles. The summed E-state index contributed by atoms with van der Waals surface area (Å²) in [6, 6.07) is 3.95. The summed E-state index contributed by atoms with van der Waals surface area (Å²) in [5.74, 6) is 1.35. The highest BCUT2D eigenvalue weighted by Gasteiger charge is 2.52. The number of rotatable bonds is 2. The summed E-state index contributed by atoms with van der Waals surface area (Å²) in [6.45, 7) is 0.641. The van der Waals surface area contributed by atoms with Crippen molar-refractivity contribution in [3.05, 3.63) is 47.1 Å². The van der Waals surface area contributed by atoms with Gasteiger partial charge in [0.15, 0.2) is 11.5 Å². The Morgan fingerprint density at radius 1 is 1.26 bits per heavy atom. The Bertz CT molecular complexity index is 752. The number of ether oxygens (including phenoxy) is 2. The summed E-state index contributed by atoms with van der Waals surface area (Å²) < 4.78 is 10.9. The summed E-state index contributed by atoms with van der Waals surface area (Å²) in [7, 11) is 3.23. The van der Waals surface area contributed by atoms with Crippen LogP contribution in [0.2, 0.25) is 0 Å². The molecule has 5 nitrogen and oxygen atoms in total. The first-order valence-electron chi connectivity index (χ1n) is 7.75. The zero-order valence-corrected chi connectivity index (χ0v) is 13.2. The molecule has 1 aromatic carbocycles. The van der Waals surface area contributed by atoms with Crippen LogP contribution in [0.1, 0.15) is 17.5 Å². The molecule has 0 fully saturated rings. The van der Waals surface area contributed by atoms with Crippen molar-refractivity contribution in [1.82, 2.24) is 4.90 Å². The topological polar surface area (TPSA) is 59.0 Å². The Morgan fingerprint density at radius 3 is 2.74 bits per heavy atom. The molecule has 0 aromatic heterocycles. The van der Waals surface area contributed by atoms with E-state index in [-0.39, 0.29) is 5.91 Å². The van der Waals surface area contributed by atoms with Gasteiger partial charge >= 0.3 is 0 Å². The third-order valence-electron chi connectivity index (χ3n) is 5.15. The van der Waals surface area contributed by atoms with Gasteiger partial charge in [-0.3, -0.25) is 4.79 Å². The molecule has 120 valence electrons. The van der Waals surface area contributed by atoms with E-state index in [1.165, 1.54) is 0 Å². The van der Waals surface area contributed by atoms with Crippen molar-refractivity contribution < 1.29 is 19.4 Å². The van der Waals surface area contributed by atoms with Gasteiger partial charge in [0.25, 0.3) is 0 Å². The number of benzene rings is 1. The van der Waals surface area contributed by atoms with Crippen LogP contribution in [0.15, 0.2) is 35.9 Å². The van der Waals surface area contributed by atoms with Gasteiger partial charge in [0.2, 0.25) is 5.91 Å². The van der Waals surface area contributed by atoms with E-state index in [9.17, 15) is 9.90 Å². The van der Waals surface area contributed by atoms with E-state index in [2.05, 4.69) is 0 Å². The lowest BCUT2D eigenvalue weighted by Gasteiger charge is -2.47. The van der Waals surface area contributed by atoms with Crippen LogP contribution in [0.25, 0.3) is 0 Å². The highest BCUT2D eigenvalue weighted by molar-refractivity contribution is 5.95. The lowest BCUT2D eigenvalue weighted by Crippen LogP contribution is -2.52. The van der Waals surface area contributed by atoms with Gasteiger partial charge in [-0.05, 0) is 35.3 Å². The predicted octanol–water partition coefficient (Wildman–Crippen LogP) is 1.54. The number of nitrogens with zero attached hydrogens (tertiary/aromatic N) is 1. The molecule has 4 rings (SSSR count). The van der Waals surface area contributed by atoms with Crippen molar-refractivity contribution in [3.63, 3.8) is 0 Å². The summed E-state index contributed by atoms with van der Waals surface area (Å²) in [5.41, 5.74) is 2.53. The second-order valence-corrected chi connectivity index (χ2v) is 6.19. The number of amides is 1. The third kappa shape index (κ3) is 1.80. The van der Waals surface area contributed by atoms with E-state index in [1.54, 1.807) is 26.4 Å². The second kappa shape index (κ2) is 4.86. The van der Waals surface area contributed by atoms with Crippen LogP contribution in [0.5, 0.6) is 11.5 Å². The Hall–Kier alpha value is -2.27. The fraction of sp³-hybridized carbons (Fsp3) is 0.389. The van der Waals surface area contributed by atoms with Crippen LogP contribution in [0.3, 0.4) is 0 Å². The van der Waals surface area contributed by atoms with Gasteiger partial charge in [0.05, 0.1) is 25.9 Å². The molecule has 0 radical (unpaired) electrons. The standard InChI is InChI=1S/C18H19NO4/c1-22-15-7-11-5-6-19-17(21)8-12-3-4-13(20)10-18(12,19)14(11)9-16(15)23-2/h3-4,7-9,13,20H,5-6,10H2,1-2H3/t13-,18-/m0/s1. The Morgan fingerprint density at radius 2 is 2.00 bits per heavy atom. The number of aliphatic hydroxyl groups is 1. The molecule has 23 heavy (non-hydrogen) atoms. The van der Waals surface area contributed by atoms with Gasteiger partial charge < -0.3 is 19.5 Å². The lowest BCUT2D eigenvalue weighted by atomic mass is 9.71. The minimum Gasteiger partial charge on any atom is -0.493 e. The summed E-state index contributed by atoms with van der Waals surface area (Å²) >= 11 is 0. The fourth-order valence-electron chi connectivity index (χ4n) is 4.13. The molecule has 2 heterocycles. The van der Waals surface area contributed by atoms with Crippen molar-refractivity contribution in [3.8, 4) is 11.5 Å². The molecule has 1 aromatic rings. The zero-order valence-electron chi connectivity index (χ0n) is 13.2. The molecule has 2 aliphatic heterocycles. The van der Waals surface area contributed by atoms with Crippen LogP contribution in [0, 0.1) is 0 Å². The quantitative estimate of drug-likeness (QED) is 0.900. The van der Waals surface area contributed by atoms with E-state index in [0.29, 0.717) is 24.5 Å². The maximum absolute atomic E-state index is 12.4. The molecule has 0 unspecified atom stereocenters. The van der Waals surface area contributed by atoms with Gasteiger partial charge in [0.1, 0.15) is 0 Å². The summed E-state index contributed by atoms with van der Waals surface area (Å²) in [5, 5.41) is 10.2. The number of carbonyl (C=O) groups excluding carboxylic acids is 1. The SMILES string of the molecule is COc1cc2c(cc1OC)[C@]13C[C@@H](O)C=CC1=CC(=O)N3CC2. The average Bonchev–Trinajstić information content (AvgIpc) is 2.85. The zero-order chi connectivity index (χ0) is 16.2. The predicted molar refractivity (Wildman–Crippen MR) is 84.5 cm³/mol. The van der Waals surface area contributed by atoms with E-state index in [1.807, 2.05) is 23.1 Å². The second-order valence-electron chi connectivity index (χ2n) is 6.19. The van der Waals surface area contributed by atoms with Crippen LogP contribution in [-0.4, -0.2) is 42.8 Å². The number of hydrogen-bond acceptors (Lipinski definition) is 4. The number of hydrogen-bond donors (Lipinski definition) is 1. The average molecular weight is 313 g/mol. The fourth-order valence-corrected chi connectivity index (χ4v) is 4.13. The first-order chi connectivity index (χ1) is 11.1. The Balaban J connectivity index is 1.97. The minimum absolute atomic E-state index is 0.0131. The first-order valence-corrected chi connectivity index (χ1v) is 7.75. The van der Waals surface area contributed by atoms with Crippen molar-refractivity contribution in [1.29, 1.82) is 0 Å². The van der Waals surface area contributed by atoms with E-state index in [4.69, 9.17) is 9.47 Å². The van der Waals surface area contributed by atoms with E-state index in [0.717, 1.165) is 23.1 Å². The number of fused-ring (bicyclic) bond motifs is 1. The Kier molecular flexibility index (Phi) is 3.03. The van der Waals surface area contributed by atoms with Gasteiger partial charge in [-0.25, -0.2) is 0 Å². The van der Waals surface area contributed by atoms with Crippen LogP contribution in [0.4, 0.5) is 0 Å². The molecule has 1 N–H and O–H groups in total. The smallest absolute Gasteiger partial charge is 0.247 e. The monoisotopic (exact) mass is 313 g/mol. The normalized spacial score (nSPS) is 28.0. The molecule has 5 heteroatoms. The summed E-state index contributed by atoms with van der Waals surface area (Å²) in [6.07, 6.45) is 5.99. The van der Waals surface area contributed by atoms with Crippen molar-refractivity contribution in [2.75, 3.05) is 20.8 Å². The number of methoxy groups -OCH3 is 2. The van der Waals surface area contributed by atoms with Crippen molar-refractivity contribution in [2.45, 2.75) is 24.5 Å². The largest absolute Gasteiger partial charge is 0.493 e. The molecule has 2 atom stereocenters. The van der Waals surface area contributed by atoms with Gasteiger partial charge in [0, 0.05) is 19.0 Å². The maximum Gasteiger partial charge on any atom is 0.247 e. The van der Waals surface area contributed by atoms with Gasteiger partial charge in [-0.2, -0.15) is 0 Å². The lowest BCUT2D eigenvalue weighted by molar-refractivity contribution is -0.130. The van der Waals surface area contributed by atoms with Gasteiger partial charge in [-0.15, -0.1) is 0 Å². The van der Waals surface area contributed by atoms with E-state index < -0.39 is 11.6 Å². The first kappa shape index (κ1) is 14.3. The minimum atomic E-state index is -0.585. The van der Waals surface area contributed by atoms with E-state index >= 15 is 0 Å². The molecule has 1 aliphatic carbocycles. The third-order valence-corrected chi connectivity index (χ3v) is 5.15.